The lowest BCUT2D eigenvalue weighted by Crippen LogP contribution is -2.43. The number of halogens is 1. The van der Waals surface area contributed by atoms with E-state index in [4.69, 9.17) is 16.0 Å². The Morgan fingerprint density at radius 1 is 1.42 bits per heavy atom. The largest absolute Gasteiger partial charge is 0.423 e. The van der Waals surface area contributed by atoms with Crippen molar-refractivity contribution in [3.8, 4) is 0 Å². The van der Waals surface area contributed by atoms with E-state index < -0.39 is 0 Å². The minimum Gasteiger partial charge on any atom is -0.423 e. The molecule has 2 aromatic heterocycles. The SMILES string of the molecule is O=C(NCCn1ccnn1)C1CCCN(c2nc3cc(Cl)ccc3o2)C1. The molecule has 0 radical (unpaired) electrons. The van der Waals surface area contributed by atoms with Gasteiger partial charge in [0.05, 0.1) is 18.7 Å². The Morgan fingerprint density at radius 3 is 3.19 bits per heavy atom. The van der Waals surface area contributed by atoms with Crippen molar-refractivity contribution in [3.05, 3.63) is 35.6 Å². The molecular weight excluding hydrogens is 356 g/mol. The first-order valence-corrected chi connectivity index (χ1v) is 9.00. The van der Waals surface area contributed by atoms with Crippen molar-refractivity contribution < 1.29 is 9.21 Å². The molecule has 3 aromatic rings. The van der Waals surface area contributed by atoms with Crippen LogP contribution in [0.4, 0.5) is 6.01 Å². The highest BCUT2D eigenvalue weighted by Gasteiger charge is 2.28. The van der Waals surface area contributed by atoms with Gasteiger partial charge in [0.25, 0.3) is 6.01 Å². The first-order valence-electron chi connectivity index (χ1n) is 8.62. The number of carbonyl (C=O) groups is 1. The molecule has 9 heteroatoms. The van der Waals surface area contributed by atoms with Gasteiger partial charge in [-0.2, -0.15) is 4.98 Å². The number of rotatable bonds is 5. The molecule has 26 heavy (non-hydrogen) atoms. The summed E-state index contributed by atoms with van der Waals surface area (Å²) >= 11 is 6.01. The first-order chi connectivity index (χ1) is 12.7. The summed E-state index contributed by atoms with van der Waals surface area (Å²) in [6.45, 7) is 2.55. The maximum absolute atomic E-state index is 12.5. The molecule has 4 rings (SSSR count). The van der Waals surface area contributed by atoms with Crippen molar-refractivity contribution >= 4 is 34.6 Å². The Balaban J connectivity index is 1.37. The van der Waals surface area contributed by atoms with Crippen LogP contribution in [-0.2, 0) is 11.3 Å². The lowest BCUT2D eigenvalue weighted by atomic mass is 9.97. The van der Waals surface area contributed by atoms with Gasteiger partial charge in [-0.1, -0.05) is 16.8 Å². The molecule has 0 saturated carbocycles. The number of carbonyl (C=O) groups excluding carboxylic acids is 1. The molecule has 0 bridgehead atoms. The van der Waals surface area contributed by atoms with Gasteiger partial charge in [-0.05, 0) is 31.0 Å². The molecule has 1 N–H and O–H groups in total. The van der Waals surface area contributed by atoms with E-state index in [1.54, 1.807) is 29.2 Å². The molecule has 1 atom stereocenters. The molecule has 1 unspecified atom stereocenters. The summed E-state index contributed by atoms with van der Waals surface area (Å²) in [5.41, 5.74) is 1.43. The Morgan fingerprint density at radius 2 is 2.35 bits per heavy atom. The van der Waals surface area contributed by atoms with Crippen LogP contribution in [0.15, 0.2) is 35.0 Å². The summed E-state index contributed by atoms with van der Waals surface area (Å²) in [6.07, 6.45) is 5.17. The van der Waals surface area contributed by atoms with Crippen molar-refractivity contribution in [2.45, 2.75) is 19.4 Å². The number of aromatic nitrogens is 4. The van der Waals surface area contributed by atoms with Gasteiger partial charge in [-0.15, -0.1) is 5.10 Å². The van der Waals surface area contributed by atoms with Crippen molar-refractivity contribution in [2.75, 3.05) is 24.5 Å². The van der Waals surface area contributed by atoms with Crippen molar-refractivity contribution in [1.82, 2.24) is 25.3 Å². The number of anilines is 1. The van der Waals surface area contributed by atoms with Crippen molar-refractivity contribution in [3.63, 3.8) is 0 Å². The lowest BCUT2D eigenvalue weighted by Gasteiger charge is -2.30. The van der Waals surface area contributed by atoms with E-state index in [1.807, 2.05) is 11.0 Å². The number of fused-ring (bicyclic) bond motifs is 1. The third-order valence-electron chi connectivity index (χ3n) is 4.51. The summed E-state index contributed by atoms with van der Waals surface area (Å²) in [6, 6.07) is 5.91. The average molecular weight is 375 g/mol. The van der Waals surface area contributed by atoms with Crippen LogP contribution in [0.25, 0.3) is 11.1 Å². The quantitative estimate of drug-likeness (QED) is 0.735. The fraction of sp³-hybridized carbons (Fsp3) is 0.412. The first kappa shape index (κ1) is 16.8. The summed E-state index contributed by atoms with van der Waals surface area (Å²) in [5.74, 6) is -0.0351. The lowest BCUT2D eigenvalue weighted by molar-refractivity contribution is -0.125. The number of oxazole rings is 1. The van der Waals surface area contributed by atoms with Gasteiger partial charge in [0.2, 0.25) is 5.91 Å². The van der Waals surface area contributed by atoms with Crippen LogP contribution in [0.1, 0.15) is 12.8 Å². The predicted octanol–water partition coefficient (Wildman–Crippen LogP) is 2.11. The average Bonchev–Trinajstić information content (AvgIpc) is 3.31. The zero-order valence-electron chi connectivity index (χ0n) is 14.1. The van der Waals surface area contributed by atoms with E-state index in [-0.39, 0.29) is 11.8 Å². The highest BCUT2D eigenvalue weighted by atomic mass is 35.5. The summed E-state index contributed by atoms with van der Waals surface area (Å²) in [5, 5.41) is 11.2. The minimum absolute atomic E-state index is 0.0500. The number of hydrogen-bond acceptors (Lipinski definition) is 6. The fourth-order valence-corrected chi connectivity index (χ4v) is 3.34. The van der Waals surface area contributed by atoms with Crippen molar-refractivity contribution in [2.24, 2.45) is 5.92 Å². The highest BCUT2D eigenvalue weighted by Crippen LogP contribution is 2.27. The number of benzene rings is 1. The van der Waals surface area contributed by atoms with E-state index in [2.05, 4.69) is 20.6 Å². The van der Waals surface area contributed by atoms with Gasteiger partial charge < -0.3 is 14.6 Å². The monoisotopic (exact) mass is 374 g/mol. The van der Waals surface area contributed by atoms with E-state index >= 15 is 0 Å². The molecule has 1 aliphatic heterocycles. The van der Waals surface area contributed by atoms with Gasteiger partial charge in [0, 0.05) is 30.9 Å². The van der Waals surface area contributed by atoms with Gasteiger partial charge in [-0.3, -0.25) is 9.48 Å². The second-order valence-corrected chi connectivity index (χ2v) is 6.79. The molecule has 0 aliphatic carbocycles. The molecule has 8 nitrogen and oxygen atoms in total. The van der Waals surface area contributed by atoms with Crippen LogP contribution in [0.5, 0.6) is 0 Å². The topological polar surface area (TPSA) is 89.1 Å². The minimum atomic E-state index is -0.0851. The van der Waals surface area contributed by atoms with Gasteiger partial charge >= 0.3 is 0 Å². The van der Waals surface area contributed by atoms with Crippen LogP contribution in [-0.4, -0.2) is 45.5 Å². The zero-order valence-corrected chi connectivity index (χ0v) is 14.9. The second-order valence-electron chi connectivity index (χ2n) is 6.35. The molecule has 1 aromatic carbocycles. The molecule has 3 heterocycles. The van der Waals surface area contributed by atoms with E-state index in [1.165, 1.54) is 0 Å². The maximum Gasteiger partial charge on any atom is 0.298 e. The van der Waals surface area contributed by atoms with Crippen LogP contribution >= 0.6 is 11.6 Å². The number of hydrogen-bond donors (Lipinski definition) is 1. The second kappa shape index (κ2) is 7.33. The number of nitrogens with one attached hydrogen (secondary N) is 1. The zero-order chi connectivity index (χ0) is 17.9. The molecule has 1 saturated heterocycles. The smallest absolute Gasteiger partial charge is 0.298 e. The number of nitrogens with zero attached hydrogens (tertiary/aromatic N) is 5. The van der Waals surface area contributed by atoms with E-state index in [9.17, 15) is 4.79 Å². The maximum atomic E-state index is 12.5. The van der Waals surface area contributed by atoms with Gasteiger partial charge in [0.15, 0.2) is 5.58 Å². The third kappa shape index (κ3) is 3.65. The third-order valence-corrected chi connectivity index (χ3v) is 4.75. The number of amides is 1. The van der Waals surface area contributed by atoms with Crippen molar-refractivity contribution in [1.29, 1.82) is 0 Å². The Labute approximate surface area is 155 Å². The molecule has 136 valence electrons. The fourth-order valence-electron chi connectivity index (χ4n) is 3.18. The number of piperidine rings is 1. The van der Waals surface area contributed by atoms with E-state index in [0.29, 0.717) is 36.3 Å². The molecular formula is C17H19ClN6O2. The summed E-state index contributed by atoms with van der Waals surface area (Å²) in [4.78, 5) is 19.0. The van der Waals surface area contributed by atoms with Crippen LogP contribution in [0, 0.1) is 5.92 Å². The molecule has 1 fully saturated rings. The van der Waals surface area contributed by atoms with Crippen LogP contribution in [0.2, 0.25) is 5.02 Å². The molecule has 1 amide bonds. The highest BCUT2D eigenvalue weighted by molar-refractivity contribution is 6.31. The van der Waals surface area contributed by atoms with Gasteiger partial charge in [0.1, 0.15) is 5.52 Å². The summed E-state index contributed by atoms with van der Waals surface area (Å²) < 4.78 is 7.52. The van der Waals surface area contributed by atoms with Crippen LogP contribution < -0.4 is 10.2 Å². The molecule has 0 spiro atoms. The predicted molar refractivity (Wildman–Crippen MR) is 97.0 cm³/mol. The Bertz CT molecular complexity index is 894. The summed E-state index contributed by atoms with van der Waals surface area (Å²) in [7, 11) is 0. The normalized spacial score (nSPS) is 17.6. The van der Waals surface area contributed by atoms with E-state index in [0.717, 1.165) is 24.9 Å². The van der Waals surface area contributed by atoms with Gasteiger partial charge in [-0.25, -0.2) is 0 Å². The van der Waals surface area contributed by atoms with Crippen LogP contribution in [0.3, 0.4) is 0 Å². The standard InChI is InChI=1S/C17H19ClN6O2/c18-13-3-4-15-14(10-13)21-17(26-15)23-7-1-2-12(11-23)16(25)19-5-8-24-9-6-20-22-24/h3-4,6,9-10,12H,1-2,5,7-8,11H2,(H,19,25). The Kier molecular flexibility index (Phi) is 4.75. The Hall–Kier alpha value is -2.61. The molecule has 1 aliphatic rings.